The van der Waals surface area contributed by atoms with E-state index in [1.165, 1.54) is 12.3 Å². The van der Waals surface area contributed by atoms with Crippen LogP contribution in [-0.2, 0) is 6.54 Å². The van der Waals surface area contributed by atoms with Crippen molar-refractivity contribution in [2.75, 3.05) is 0 Å². The van der Waals surface area contributed by atoms with Crippen LogP contribution in [0.5, 0.6) is 11.6 Å². The van der Waals surface area contributed by atoms with E-state index in [4.69, 9.17) is 4.74 Å². The van der Waals surface area contributed by atoms with E-state index >= 15 is 0 Å². The second-order valence-corrected chi connectivity index (χ2v) is 5.96. The summed E-state index contributed by atoms with van der Waals surface area (Å²) in [6, 6.07) is 9.41. The van der Waals surface area contributed by atoms with Gasteiger partial charge in [-0.25, -0.2) is 9.37 Å². The van der Waals surface area contributed by atoms with Crippen molar-refractivity contribution in [3.8, 4) is 11.6 Å². The molecule has 0 aliphatic heterocycles. The van der Waals surface area contributed by atoms with Crippen LogP contribution < -0.4 is 10.1 Å². The Morgan fingerprint density at radius 2 is 2.15 bits per heavy atom. The molecule has 0 aliphatic rings. The lowest BCUT2D eigenvalue weighted by atomic mass is 10.2. The van der Waals surface area contributed by atoms with E-state index in [0.717, 1.165) is 3.57 Å². The van der Waals surface area contributed by atoms with Gasteiger partial charge < -0.3 is 10.1 Å². The highest BCUT2D eigenvalue weighted by molar-refractivity contribution is 14.1. The molecule has 0 saturated carbocycles. The van der Waals surface area contributed by atoms with Gasteiger partial charge in [0.1, 0.15) is 11.6 Å². The number of nitrogens with zero attached hydrogens (tertiary/aromatic N) is 1. The fourth-order valence-corrected chi connectivity index (χ4v) is 2.16. The molecule has 0 atom stereocenters. The molecule has 20 heavy (non-hydrogen) atoms. The van der Waals surface area contributed by atoms with Gasteiger partial charge in [-0.15, -0.1) is 0 Å². The Labute approximate surface area is 131 Å². The zero-order valence-corrected chi connectivity index (χ0v) is 13.5. The fourth-order valence-electron chi connectivity index (χ4n) is 1.64. The first kappa shape index (κ1) is 15.2. The first-order valence-corrected chi connectivity index (χ1v) is 7.43. The van der Waals surface area contributed by atoms with Crippen molar-refractivity contribution in [2.45, 2.75) is 26.4 Å². The van der Waals surface area contributed by atoms with Crippen LogP contribution in [0.25, 0.3) is 0 Å². The number of halogens is 2. The standard InChI is InChI=1S/C15H16FIN2O/c1-10(2)18-8-11-6-12(16)9-19-15(11)20-14-5-3-4-13(17)7-14/h3-7,9-10,18H,8H2,1-2H3. The normalized spacial score (nSPS) is 10.8. The number of rotatable bonds is 5. The molecule has 5 heteroatoms. The minimum Gasteiger partial charge on any atom is -0.439 e. The van der Waals surface area contributed by atoms with Gasteiger partial charge in [-0.1, -0.05) is 19.9 Å². The van der Waals surface area contributed by atoms with Gasteiger partial charge in [0.05, 0.1) is 6.20 Å². The molecule has 2 aromatic rings. The van der Waals surface area contributed by atoms with Crippen molar-refractivity contribution in [3.05, 3.63) is 51.5 Å². The van der Waals surface area contributed by atoms with E-state index in [2.05, 4.69) is 32.9 Å². The van der Waals surface area contributed by atoms with Crippen molar-refractivity contribution >= 4 is 22.6 Å². The zero-order chi connectivity index (χ0) is 14.5. The third-order valence-corrected chi connectivity index (χ3v) is 3.27. The Bertz CT molecular complexity index is 590. The van der Waals surface area contributed by atoms with E-state index in [1.807, 2.05) is 38.1 Å². The molecule has 0 saturated heterocycles. The molecule has 0 spiro atoms. The van der Waals surface area contributed by atoms with E-state index in [1.54, 1.807) is 0 Å². The molecule has 0 fully saturated rings. The summed E-state index contributed by atoms with van der Waals surface area (Å²) in [5.41, 5.74) is 0.706. The maximum atomic E-state index is 13.3. The summed E-state index contributed by atoms with van der Waals surface area (Å²) < 4.78 is 20.2. The lowest BCUT2D eigenvalue weighted by molar-refractivity contribution is 0.445. The van der Waals surface area contributed by atoms with Crippen molar-refractivity contribution in [1.82, 2.24) is 10.3 Å². The van der Waals surface area contributed by atoms with Gasteiger partial charge in [0.15, 0.2) is 0 Å². The van der Waals surface area contributed by atoms with Crippen LogP contribution in [0.4, 0.5) is 4.39 Å². The van der Waals surface area contributed by atoms with Crippen LogP contribution in [-0.4, -0.2) is 11.0 Å². The molecule has 106 valence electrons. The SMILES string of the molecule is CC(C)NCc1cc(F)cnc1Oc1cccc(I)c1. The van der Waals surface area contributed by atoms with E-state index in [0.29, 0.717) is 29.8 Å². The topological polar surface area (TPSA) is 34.2 Å². The minimum atomic E-state index is -0.361. The highest BCUT2D eigenvalue weighted by Crippen LogP contribution is 2.25. The average Bonchev–Trinajstić information content (AvgIpc) is 2.39. The Morgan fingerprint density at radius 3 is 2.85 bits per heavy atom. The molecule has 0 amide bonds. The Hall–Kier alpha value is -1.21. The van der Waals surface area contributed by atoms with Gasteiger partial charge in [-0.3, -0.25) is 0 Å². The smallest absolute Gasteiger partial charge is 0.223 e. The number of hydrogen-bond donors (Lipinski definition) is 1. The molecule has 1 aromatic heterocycles. The minimum absolute atomic E-state index is 0.309. The summed E-state index contributed by atoms with van der Waals surface area (Å²) in [4.78, 5) is 4.04. The van der Waals surface area contributed by atoms with Crippen LogP contribution in [0.1, 0.15) is 19.4 Å². The summed E-state index contributed by atoms with van der Waals surface area (Å²) in [5.74, 6) is 0.768. The zero-order valence-electron chi connectivity index (χ0n) is 11.4. The molecule has 0 aliphatic carbocycles. The van der Waals surface area contributed by atoms with Gasteiger partial charge in [-0.2, -0.15) is 0 Å². The van der Waals surface area contributed by atoms with Crippen LogP contribution in [0, 0.1) is 9.39 Å². The largest absolute Gasteiger partial charge is 0.439 e. The summed E-state index contributed by atoms with van der Waals surface area (Å²) in [5, 5.41) is 3.24. The van der Waals surface area contributed by atoms with Crippen LogP contribution in [0.3, 0.4) is 0 Å². The Morgan fingerprint density at radius 1 is 1.35 bits per heavy atom. The summed E-state index contributed by atoms with van der Waals surface area (Å²) in [6.07, 6.45) is 1.17. The van der Waals surface area contributed by atoms with Gasteiger partial charge in [0.2, 0.25) is 5.88 Å². The second kappa shape index (κ2) is 6.99. The van der Waals surface area contributed by atoms with Gasteiger partial charge >= 0.3 is 0 Å². The fraction of sp³-hybridized carbons (Fsp3) is 0.267. The van der Waals surface area contributed by atoms with Gasteiger partial charge in [0, 0.05) is 21.7 Å². The third kappa shape index (κ3) is 4.42. The predicted molar refractivity (Wildman–Crippen MR) is 85.4 cm³/mol. The monoisotopic (exact) mass is 386 g/mol. The average molecular weight is 386 g/mol. The highest BCUT2D eigenvalue weighted by Gasteiger charge is 2.09. The quantitative estimate of drug-likeness (QED) is 0.786. The second-order valence-electron chi connectivity index (χ2n) is 4.71. The molecule has 1 heterocycles. The first-order valence-electron chi connectivity index (χ1n) is 6.36. The van der Waals surface area contributed by atoms with Gasteiger partial charge in [-0.05, 0) is 46.9 Å². The maximum absolute atomic E-state index is 13.3. The Balaban J connectivity index is 2.21. The number of pyridine rings is 1. The number of ether oxygens (including phenoxy) is 1. The molecule has 1 N–H and O–H groups in total. The van der Waals surface area contributed by atoms with Crippen molar-refractivity contribution < 1.29 is 9.13 Å². The van der Waals surface area contributed by atoms with Crippen molar-refractivity contribution in [2.24, 2.45) is 0 Å². The van der Waals surface area contributed by atoms with Crippen molar-refractivity contribution in [1.29, 1.82) is 0 Å². The Kier molecular flexibility index (Phi) is 5.31. The summed E-state index contributed by atoms with van der Waals surface area (Å²) >= 11 is 2.21. The molecule has 0 unspecified atom stereocenters. The first-order chi connectivity index (χ1) is 9.54. The summed E-state index contributed by atoms with van der Waals surface area (Å²) in [7, 11) is 0. The number of nitrogens with one attached hydrogen (secondary N) is 1. The van der Waals surface area contributed by atoms with Gasteiger partial charge in [0.25, 0.3) is 0 Å². The lowest BCUT2D eigenvalue weighted by Gasteiger charge is -2.12. The van der Waals surface area contributed by atoms with E-state index in [-0.39, 0.29) is 5.82 Å². The number of benzene rings is 1. The molecule has 3 nitrogen and oxygen atoms in total. The van der Waals surface area contributed by atoms with Crippen LogP contribution >= 0.6 is 22.6 Å². The number of aromatic nitrogens is 1. The van der Waals surface area contributed by atoms with E-state index < -0.39 is 0 Å². The maximum Gasteiger partial charge on any atom is 0.223 e. The predicted octanol–water partition coefficient (Wildman–Crippen LogP) is 4.12. The van der Waals surface area contributed by atoms with Crippen LogP contribution in [0.2, 0.25) is 0 Å². The highest BCUT2D eigenvalue weighted by atomic mass is 127. The molecule has 0 radical (unpaired) electrons. The van der Waals surface area contributed by atoms with Crippen molar-refractivity contribution in [3.63, 3.8) is 0 Å². The third-order valence-electron chi connectivity index (χ3n) is 2.60. The van der Waals surface area contributed by atoms with E-state index in [9.17, 15) is 4.39 Å². The molecular weight excluding hydrogens is 370 g/mol. The molecule has 1 aromatic carbocycles. The van der Waals surface area contributed by atoms with Crippen LogP contribution in [0.15, 0.2) is 36.5 Å². The lowest BCUT2D eigenvalue weighted by Crippen LogP contribution is -2.22. The molecule has 0 bridgehead atoms. The number of hydrogen-bond acceptors (Lipinski definition) is 3. The molecule has 2 rings (SSSR count). The summed E-state index contributed by atoms with van der Waals surface area (Å²) in [6.45, 7) is 4.58. The molecular formula is C15H16FIN2O.